The van der Waals surface area contributed by atoms with Crippen LogP contribution < -0.4 is 5.32 Å². The molecule has 6 nitrogen and oxygen atoms in total. The molecule has 1 aliphatic rings. The van der Waals surface area contributed by atoms with Gasteiger partial charge in [-0.25, -0.2) is 0 Å². The highest BCUT2D eigenvalue weighted by molar-refractivity contribution is 5.93. The van der Waals surface area contributed by atoms with Crippen LogP contribution in [0, 0.1) is 0 Å². The number of nitrogens with zero attached hydrogens (tertiary/aromatic N) is 1. The highest BCUT2D eigenvalue weighted by Gasteiger charge is 2.20. The molecule has 2 aromatic heterocycles. The van der Waals surface area contributed by atoms with Crippen molar-refractivity contribution < 1.29 is 18.5 Å². The minimum absolute atomic E-state index is 0.144. The Kier molecular flexibility index (Phi) is 3.33. The zero-order valence-corrected chi connectivity index (χ0v) is 10.3. The van der Waals surface area contributed by atoms with Crippen molar-refractivity contribution in [3.63, 3.8) is 0 Å². The number of amides is 1. The van der Waals surface area contributed by atoms with Crippen LogP contribution in [0.5, 0.6) is 0 Å². The van der Waals surface area contributed by atoms with Crippen LogP contribution in [0.3, 0.4) is 0 Å². The van der Waals surface area contributed by atoms with Crippen LogP contribution in [0.2, 0.25) is 0 Å². The lowest BCUT2D eigenvalue weighted by atomic mass is 10.1. The smallest absolute Gasteiger partial charge is 0.273 e. The van der Waals surface area contributed by atoms with Crippen molar-refractivity contribution in [2.75, 3.05) is 13.2 Å². The van der Waals surface area contributed by atoms with Crippen molar-refractivity contribution in [1.82, 2.24) is 10.5 Å². The minimum atomic E-state index is -0.228. The second kappa shape index (κ2) is 5.27. The number of carbonyl (C=O) groups is 1. The van der Waals surface area contributed by atoms with E-state index in [1.54, 1.807) is 24.5 Å². The fourth-order valence-electron chi connectivity index (χ4n) is 2.02. The van der Waals surface area contributed by atoms with Crippen molar-refractivity contribution >= 4 is 5.91 Å². The maximum Gasteiger partial charge on any atom is 0.273 e. The highest BCUT2D eigenvalue weighted by Crippen LogP contribution is 2.20. The summed E-state index contributed by atoms with van der Waals surface area (Å²) >= 11 is 0. The van der Waals surface area contributed by atoms with Crippen LogP contribution in [-0.4, -0.2) is 30.3 Å². The molecule has 19 heavy (non-hydrogen) atoms. The van der Waals surface area contributed by atoms with E-state index >= 15 is 0 Å². The number of ether oxygens (including phenoxy) is 1. The first-order valence-electron chi connectivity index (χ1n) is 6.22. The summed E-state index contributed by atoms with van der Waals surface area (Å²) in [6.45, 7) is 1.36. The van der Waals surface area contributed by atoms with E-state index in [9.17, 15) is 4.79 Å². The predicted octanol–water partition coefficient (Wildman–Crippen LogP) is 1.84. The third-order valence-electron chi connectivity index (χ3n) is 3.06. The first kappa shape index (κ1) is 12.0. The molecule has 3 rings (SSSR count). The van der Waals surface area contributed by atoms with Gasteiger partial charge in [-0.15, -0.1) is 0 Å². The van der Waals surface area contributed by atoms with Gasteiger partial charge in [-0.1, -0.05) is 5.16 Å². The lowest BCUT2D eigenvalue weighted by molar-refractivity contribution is 0.0692. The van der Waals surface area contributed by atoms with Gasteiger partial charge in [0, 0.05) is 25.3 Å². The van der Waals surface area contributed by atoms with E-state index in [1.807, 2.05) is 0 Å². The number of furan rings is 1. The summed E-state index contributed by atoms with van der Waals surface area (Å²) in [6.07, 6.45) is 3.20. The van der Waals surface area contributed by atoms with Gasteiger partial charge in [0.25, 0.3) is 5.91 Å². The fourth-order valence-corrected chi connectivity index (χ4v) is 2.02. The second-order valence-electron chi connectivity index (χ2n) is 4.41. The molecule has 0 saturated carbocycles. The van der Waals surface area contributed by atoms with Crippen molar-refractivity contribution in [2.45, 2.75) is 18.9 Å². The van der Waals surface area contributed by atoms with Crippen LogP contribution in [0.25, 0.3) is 11.5 Å². The Labute approximate surface area is 109 Å². The molecule has 0 radical (unpaired) electrons. The molecule has 1 amide bonds. The average Bonchev–Trinajstić information content (AvgIpc) is 3.11. The third kappa shape index (κ3) is 2.68. The van der Waals surface area contributed by atoms with Crippen LogP contribution in [0.4, 0.5) is 0 Å². The molecule has 0 spiro atoms. The molecule has 0 aromatic carbocycles. The van der Waals surface area contributed by atoms with Crippen LogP contribution in [0.15, 0.2) is 33.4 Å². The van der Waals surface area contributed by atoms with E-state index in [1.165, 1.54) is 0 Å². The molecule has 3 heterocycles. The van der Waals surface area contributed by atoms with Crippen molar-refractivity contribution in [2.24, 2.45) is 0 Å². The van der Waals surface area contributed by atoms with Crippen LogP contribution in [-0.2, 0) is 4.74 Å². The standard InChI is InChI=1S/C13H14N2O4/c16-13(14-9-3-6-17-7-4-9)10-8-12(19-15-10)11-2-1-5-18-11/h1-2,5,8-9H,3-4,6-7H2,(H,14,16). The predicted molar refractivity (Wildman–Crippen MR) is 65.5 cm³/mol. The Balaban J connectivity index is 1.67. The lowest BCUT2D eigenvalue weighted by Crippen LogP contribution is -2.39. The topological polar surface area (TPSA) is 77.5 Å². The lowest BCUT2D eigenvalue weighted by Gasteiger charge is -2.22. The van der Waals surface area contributed by atoms with E-state index in [0.29, 0.717) is 24.7 Å². The summed E-state index contributed by atoms with van der Waals surface area (Å²) in [7, 11) is 0. The fraction of sp³-hybridized carbons (Fsp3) is 0.385. The van der Waals surface area contributed by atoms with Gasteiger partial charge < -0.3 is 19.0 Å². The molecule has 0 atom stereocenters. The van der Waals surface area contributed by atoms with E-state index in [-0.39, 0.29) is 17.6 Å². The van der Waals surface area contributed by atoms with Gasteiger partial charge in [0.1, 0.15) is 0 Å². The first-order chi connectivity index (χ1) is 9.33. The Hall–Kier alpha value is -2.08. The van der Waals surface area contributed by atoms with Gasteiger partial charge in [-0.3, -0.25) is 4.79 Å². The Morgan fingerprint density at radius 1 is 1.32 bits per heavy atom. The van der Waals surface area contributed by atoms with E-state index in [2.05, 4.69) is 10.5 Å². The maximum atomic E-state index is 12.0. The number of nitrogens with one attached hydrogen (secondary N) is 1. The number of aromatic nitrogens is 1. The molecule has 0 bridgehead atoms. The van der Waals surface area contributed by atoms with Crippen LogP contribution >= 0.6 is 0 Å². The molecule has 100 valence electrons. The molecule has 2 aromatic rings. The van der Waals surface area contributed by atoms with Gasteiger partial charge in [0.15, 0.2) is 11.5 Å². The quantitative estimate of drug-likeness (QED) is 0.913. The van der Waals surface area contributed by atoms with Crippen molar-refractivity contribution in [3.05, 3.63) is 30.2 Å². The molecular weight excluding hydrogens is 248 g/mol. The Bertz CT molecular complexity index is 541. The number of hydrogen-bond donors (Lipinski definition) is 1. The zero-order valence-electron chi connectivity index (χ0n) is 10.3. The Morgan fingerprint density at radius 2 is 2.16 bits per heavy atom. The number of rotatable bonds is 3. The molecule has 1 N–H and O–H groups in total. The van der Waals surface area contributed by atoms with Gasteiger partial charge in [-0.05, 0) is 25.0 Å². The SMILES string of the molecule is O=C(NC1CCOCC1)c1cc(-c2ccco2)on1. The maximum absolute atomic E-state index is 12.0. The highest BCUT2D eigenvalue weighted by atomic mass is 16.5. The first-order valence-corrected chi connectivity index (χ1v) is 6.22. The van der Waals surface area contributed by atoms with Gasteiger partial charge in [0.05, 0.1) is 6.26 Å². The summed E-state index contributed by atoms with van der Waals surface area (Å²) < 4.78 is 15.5. The number of carbonyl (C=O) groups excluding carboxylic acids is 1. The summed E-state index contributed by atoms with van der Waals surface area (Å²) in [6, 6.07) is 5.22. The molecule has 1 saturated heterocycles. The summed E-state index contributed by atoms with van der Waals surface area (Å²) in [5.74, 6) is 0.771. The minimum Gasteiger partial charge on any atom is -0.461 e. The third-order valence-corrected chi connectivity index (χ3v) is 3.06. The normalized spacial score (nSPS) is 16.4. The zero-order chi connectivity index (χ0) is 13.1. The van der Waals surface area contributed by atoms with E-state index in [0.717, 1.165) is 12.8 Å². The molecule has 0 unspecified atom stereocenters. The monoisotopic (exact) mass is 262 g/mol. The molecule has 1 aliphatic heterocycles. The molecule has 0 aliphatic carbocycles. The average molecular weight is 262 g/mol. The summed E-state index contributed by atoms with van der Waals surface area (Å²) in [5, 5.41) is 6.68. The van der Waals surface area contributed by atoms with Crippen molar-refractivity contribution in [1.29, 1.82) is 0 Å². The van der Waals surface area contributed by atoms with Gasteiger partial charge in [-0.2, -0.15) is 0 Å². The summed E-state index contributed by atoms with van der Waals surface area (Å²) in [5.41, 5.74) is 0.262. The molecular formula is C13H14N2O4. The molecule has 1 fully saturated rings. The Morgan fingerprint density at radius 3 is 2.89 bits per heavy atom. The number of hydrogen-bond acceptors (Lipinski definition) is 5. The van der Waals surface area contributed by atoms with E-state index in [4.69, 9.17) is 13.7 Å². The van der Waals surface area contributed by atoms with Gasteiger partial charge >= 0.3 is 0 Å². The summed E-state index contributed by atoms with van der Waals surface area (Å²) in [4.78, 5) is 12.0. The second-order valence-corrected chi connectivity index (χ2v) is 4.41. The van der Waals surface area contributed by atoms with Crippen molar-refractivity contribution in [3.8, 4) is 11.5 Å². The van der Waals surface area contributed by atoms with E-state index < -0.39 is 0 Å². The molecule has 6 heteroatoms. The van der Waals surface area contributed by atoms with Gasteiger partial charge in [0.2, 0.25) is 5.76 Å². The van der Waals surface area contributed by atoms with Crippen LogP contribution in [0.1, 0.15) is 23.3 Å². The largest absolute Gasteiger partial charge is 0.461 e.